The first-order chi connectivity index (χ1) is 8.90. The molecule has 1 aromatic rings. The van der Waals surface area contributed by atoms with Crippen LogP contribution in [0.3, 0.4) is 0 Å². The summed E-state index contributed by atoms with van der Waals surface area (Å²) in [6.07, 6.45) is 1.92. The zero-order valence-electron chi connectivity index (χ0n) is 11.5. The molecule has 2 rings (SSSR count). The summed E-state index contributed by atoms with van der Waals surface area (Å²) in [5, 5.41) is 0. The summed E-state index contributed by atoms with van der Waals surface area (Å²) in [4.78, 5) is 0. The highest BCUT2D eigenvalue weighted by atomic mass is 32.2. The summed E-state index contributed by atoms with van der Waals surface area (Å²) < 4.78 is 26.7. The minimum Gasteiger partial charge on any atom is -0.399 e. The van der Waals surface area contributed by atoms with Gasteiger partial charge in [-0.25, -0.2) is 8.42 Å². The summed E-state index contributed by atoms with van der Waals surface area (Å²) in [6, 6.07) is 7.25. The number of rotatable bonds is 4. The third-order valence-corrected chi connectivity index (χ3v) is 5.54. The summed E-state index contributed by atoms with van der Waals surface area (Å²) in [6.45, 7) is 4.81. The number of benzene rings is 1. The Kier molecular flexibility index (Phi) is 4.16. The van der Waals surface area contributed by atoms with Crippen LogP contribution >= 0.6 is 0 Å². The number of nitrogen functional groups attached to an aromatic ring is 1. The maximum Gasteiger partial charge on any atom is 0.218 e. The predicted octanol–water partition coefficient (Wildman–Crippen LogP) is 2.22. The Balaban J connectivity index is 2.18. The second-order valence-electron chi connectivity index (χ2n) is 5.57. The zero-order chi connectivity index (χ0) is 14.0. The highest BCUT2D eigenvalue weighted by molar-refractivity contribution is 7.88. The largest absolute Gasteiger partial charge is 0.399 e. The van der Waals surface area contributed by atoms with Crippen molar-refractivity contribution < 1.29 is 8.42 Å². The molecule has 0 radical (unpaired) electrons. The smallest absolute Gasteiger partial charge is 0.218 e. The standard InChI is InChI=1S/C14H22N2O2S/c1-11(2)14-7-4-8-16(14)19(17,18)10-12-5-3-6-13(15)9-12/h3,5-6,9,11,14H,4,7-8,10,15H2,1-2H3. The van der Waals surface area contributed by atoms with Crippen LogP contribution in [0.2, 0.25) is 0 Å². The average molecular weight is 282 g/mol. The van der Waals surface area contributed by atoms with E-state index < -0.39 is 10.0 Å². The number of hydrogen-bond acceptors (Lipinski definition) is 3. The second-order valence-corrected chi connectivity index (χ2v) is 7.49. The molecule has 1 aliphatic heterocycles. The molecule has 0 aliphatic carbocycles. The Morgan fingerprint density at radius 3 is 2.79 bits per heavy atom. The molecule has 1 aromatic carbocycles. The quantitative estimate of drug-likeness (QED) is 0.861. The molecular formula is C14H22N2O2S. The van der Waals surface area contributed by atoms with E-state index in [-0.39, 0.29) is 11.8 Å². The first-order valence-corrected chi connectivity index (χ1v) is 8.35. The fourth-order valence-electron chi connectivity index (χ4n) is 2.75. The van der Waals surface area contributed by atoms with Gasteiger partial charge in [0.1, 0.15) is 0 Å². The minimum atomic E-state index is -3.25. The maximum atomic E-state index is 12.5. The summed E-state index contributed by atoms with van der Waals surface area (Å²) in [5.41, 5.74) is 7.06. The van der Waals surface area contributed by atoms with Crippen LogP contribution in [-0.2, 0) is 15.8 Å². The number of nitrogens with two attached hydrogens (primary N) is 1. The van der Waals surface area contributed by atoms with Gasteiger partial charge in [-0.15, -0.1) is 0 Å². The minimum absolute atomic E-state index is 0.0429. The Labute approximate surface area is 115 Å². The van der Waals surface area contributed by atoms with Crippen molar-refractivity contribution in [3.8, 4) is 0 Å². The van der Waals surface area contributed by atoms with E-state index in [0.717, 1.165) is 18.4 Å². The van der Waals surface area contributed by atoms with Crippen molar-refractivity contribution in [3.63, 3.8) is 0 Å². The van der Waals surface area contributed by atoms with E-state index in [1.54, 1.807) is 22.5 Å². The van der Waals surface area contributed by atoms with Crippen LogP contribution in [0.4, 0.5) is 5.69 Å². The average Bonchev–Trinajstić information content (AvgIpc) is 2.77. The van der Waals surface area contributed by atoms with Crippen LogP contribution in [-0.4, -0.2) is 25.3 Å². The molecule has 1 saturated heterocycles. The summed E-state index contributed by atoms with van der Waals surface area (Å²) in [7, 11) is -3.25. The molecule has 1 heterocycles. The fourth-order valence-corrected chi connectivity index (χ4v) is 4.69. The molecule has 1 unspecified atom stereocenters. The van der Waals surface area contributed by atoms with Crippen molar-refractivity contribution >= 4 is 15.7 Å². The normalized spacial score (nSPS) is 21.1. The van der Waals surface area contributed by atoms with Crippen LogP contribution < -0.4 is 5.73 Å². The molecule has 1 fully saturated rings. The molecule has 4 nitrogen and oxygen atoms in total. The first kappa shape index (κ1) is 14.3. The van der Waals surface area contributed by atoms with Gasteiger partial charge in [0.2, 0.25) is 10.0 Å². The maximum absolute atomic E-state index is 12.5. The van der Waals surface area contributed by atoms with Gasteiger partial charge in [-0.3, -0.25) is 0 Å². The van der Waals surface area contributed by atoms with Gasteiger partial charge in [0, 0.05) is 18.3 Å². The van der Waals surface area contributed by atoms with Crippen molar-refractivity contribution in [2.24, 2.45) is 5.92 Å². The fraction of sp³-hybridized carbons (Fsp3) is 0.571. The van der Waals surface area contributed by atoms with E-state index in [1.165, 1.54) is 0 Å². The van der Waals surface area contributed by atoms with Gasteiger partial charge in [-0.05, 0) is 36.5 Å². The van der Waals surface area contributed by atoms with Crippen molar-refractivity contribution in [1.82, 2.24) is 4.31 Å². The molecule has 0 amide bonds. The van der Waals surface area contributed by atoms with E-state index in [9.17, 15) is 8.42 Å². The molecule has 0 bridgehead atoms. The topological polar surface area (TPSA) is 63.4 Å². The van der Waals surface area contributed by atoms with Crippen LogP contribution in [0.15, 0.2) is 24.3 Å². The van der Waals surface area contributed by atoms with E-state index in [1.807, 2.05) is 6.07 Å². The SMILES string of the molecule is CC(C)C1CCCN1S(=O)(=O)Cc1cccc(N)c1. The lowest BCUT2D eigenvalue weighted by Crippen LogP contribution is -2.39. The van der Waals surface area contributed by atoms with Gasteiger partial charge in [0.25, 0.3) is 0 Å². The number of hydrogen-bond donors (Lipinski definition) is 1. The molecule has 0 saturated carbocycles. The van der Waals surface area contributed by atoms with Crippen LogP contribution in [0, 0.1) is 5.92 Å². The summed E-state index contributed by atoms with van der Waals surface area (Å²) in [5.74, 6) is 0.402. The second kappa shape index (κ2) is 5.51. The third-order valence-electron chi connectivity index (χ3n) is 3.68. The lowest BCUT2D eigenvalue weighted by atomic mass is 10.0. The zero-order valence-corrected chi connectivity index (χ0v) is 12.4. The molecule has 0 aromatic heterocycles. The monoisotopic (exact) mass is 282 g/mol. The molecule has 5 heteroatoms. The van der Waals surface area contributed by atoms with E-state index in [0.29, 0.717) is 18.2 Å². The third kappa shape index (κ3) is 3.28. The molecule has 19 heavy (non-hydrogen) atoms. The Morgan fingerprint density at radius 1 is 1.42 bits per heavy atom. The lowest BCUT2D eigenvalue weighted by molar-refractivity contribution is 0.315. The van der Waals surface area contributed by atoms with Crippen molar-refractivity contribution in [3.05, 3.63) is 29.8 Å². The first-order valence-electron chi connectivity index (χ1n) is 6.74. The van der Waals surface area contributed by atoms with Gasteiger partial charge in [-0.2, -0.15) is 4.31 Å². The highest BCUT2D eigenvalue weighted by Crippen LogP contribution is 2.28. The van der Waals surface area contributed by atoms with Crippen molar-refractivity contribution in [2.45, 2.75) is 38.5 Å². The van der Waals surface area contributed by atoms with Crippen LogP contribution in [0.1, 0.15) is 32.3 Å². The van der Waals surface area contributed by atoms with Gasteiger partial charge in [0.05, 0.1) is 5.75 Å². The van der Waals surface area contributed by atoms with E-state index in [4.69, 9.17) is 5.73 Å². The molecular weight excluding hydrogens is 260 g/mol. The molecule has 1 aliphatic rings. The Morgan fingerprint density at radius 2 is 2.16 bits per heavy atom. The Bertz CT molecular complexity index is 540. The van der Waals surface area contributed by atoms with Gasteiger partial charge < -0.3 is 5.73 Å². The van der Waals surface area contributed by atoms with Crippen LogP contribution in [0.25, 0.3) is 0 Å². The van der Waals surface area contributed by atoms with Gasteiger partial charge in [-0.1, -0.05) is 26.0 Å². The molecule has 2 N–H and O–H groups in total. The molecule has 106 valence electrons. The number of sulfonamides is 1. The molecule has 1 atom stereocenters. The van der Waals surface area contributed by atoms with E-state index in [2.05, 4.69) is 13.8 Å². The lowest BCUT2D eigenvalue weighted by Gasteiger charge is -2.27. The number of nitrogens with zero attached hydrogens (tertiary/aromatic N) is 1. The molecule has 0 spiro atoms. The highest BCUT2D eigenvalue weighted by Gasteiger charge is 2.35. The predicted molar refractivity (Wildman–Crippen MR) is 78.0 cm³/mol. The van der Waals surface area contributed by atoms with Gasteiger partial charge in [0.15, 0.2) is 0 Å². The summed E-state index contributed by atoms with van der Waals surface area (Å²) >= 11 is 0. The van der Waals surface area contributed by atoms with Crippen LogP contribution in [0.5, 0.6) is 0 Å². The van der Waals surface area contributed by atoms with E-state index >= 15 is 0 Å². The number of anilines is 1. The Hall–Kier alpha value is -1.07. The van der Waals surface area contributed by atoms with Crippen molar-refractivity contribution in [2.75, 3.05) is 12.3 Å². The van der Waals surface area contributed by atoms with Crippen molar-refractivity contribution in [1.29, 1.82) is 0 Å². The van der Waals surface area contributed by atoms with Gasteiger partial charge >= 0.3 is 0 Å².